The second kappa shape index (κ2) is 5.64. The Morgan fingerprint density at radius 3 is 2.63 bits per heavy atom. The molecule has 1 heterocycles. The highest BCUT2D eigenvalue weighted by atomic mass is 16.5. The molecule has 2 atom stereocenters. The van der Waals surface area contributed by atoms with Crippen LogP contribution >= 0.6 is 0 Å². The summed E-state index contributed by atoms with van der Waals surface area (Å²) >= 11 is 0. The molecule has 2 fully saturated rings. The number of hydrogen-bond donors (Lipinski definition) is 1. The van der Waals surface area contributed by atoms with E-state index in [2.05, 4.69) is 42.6 Å². The zero-order chi connectivity index (χ0) is 13.1. The van der Waals surface area contributed by atoms with Gasteiger partial charge >= 0.3 is 0 Å². The van der Waals surface area contributed by atoms with Crippen molar-refractivity contribution in [2.45, 2.75) is 44.1 Å². The van der Waals surface area contributed by atoms with Crippen molar-refractivity contribution in [1.82, 2.24) is 5.32 Å². The Balaban J connectivity index is 1.89. The average molecular weight is 259 g/mol. The second-order valence-corrected chi connectivity index (χ2v) is 6.03. The standard InChI is InChI=1S/C17H25NO/c1-2-18-16(14-9-12-19-13-14)17(10-6-11-17)15-7-4-3-5-8-15/h3-5,7-8,14,16,18H,2,6,9-13H2,1H3. The van der Waals surface area contributed by atoms with Crippen LogP contribution in [-0.4, -0.2) is 25.8 Å². The highest BCUT2D eigenvalue weighted by Crippen LogP contribution is 2.49. The summed E-state index contributed by atoms with van der Waals surface area (Å²) in [4.78, 5) is 0. The monoisotopic (exact) mass is 259 g/mol. The summed E-state index contributed by atoms with van der Waals surface area (Å²) in [5, 5.41) is 3.79. The van der Waals surface area contributed by atoms with Crippen molar-refractivity contribution in [3.63, 3.8) is 0 Å². The van der Waals surface area contributed by atoms with Crippen molar-refractivity contribution >= 4 is 0 Å². The Bertz CT molecular complexity index is 393. The van der Waals surface area contributed by atoms with Crippen LogP contribution in [-0.2, 0) is 10.2 Å². The fraction of sp³-hybridized carbons (Fsp3) is 0.647. The molecule has 0 radical (unpaired) electrons. The van der Waals surface area contributed by atoms with Crippen LogP contribution in [0.5, 0.6) is 0 Å². The first-order valence-electron chi connectivity index (χ1n) is 7.73. The normalized spacial score (nSPS) is 26.9. The van der Waals surface area contributed by atoms with Gasteiger partial charge in [0.15, 0.2) is 0 Å². The minimum Gasteiger partial charge on any atom is -0.381 e. The fourth-order valence-electron chi connectivity index (χ4n) is 3.96. The van der Waals surface area contributed by atoms with Crippen LogP contribution < -0.4 is 5.32 Å². The van der Waals surface area contributed by atoms with E-state index in [9.17, 15) is 0 Å². The summed E-state index contributed by atoms with van der Waals surface area (Å²) in [5.74, 6) is 0.681. The van der Waals surface area contributed by atoms with Crippen molar-refractivity contribution in [2.75, 3.05) is 19.8 Å². The zero-order valence-electron chi connectivity index (χ0n) is 11.9. The number of rotatable bonds is 5. The third-order valence-corrected chi connectivity index (χ3v) is 5.05. The molecular formula is C17H25NO. The van der Waals surface area contributed by atoms with Gasteiger partial charge in [0.1, 0.15) is 0 Å². The Labute approximate surface area is 116 Å². The first-order chi connectivity index (χ1) is 9.37. The first kappa shape index (κ1) is 13.1. The largest absolute Gasteiger partial charge is 0.381 e. The smallest absolute Gasteiger partial charge is 0.0510 e. The second-order valence-electron chi connectivity index (χ2n) is 6.03. The maximum absolute atomic E-state index is 5.64. The van der Waals surface area contributed by atoms with Crippen molar-refractivity contribution in [3.05, 3.63) is 35.9 Å². The molecule has 1 N–H and O–H groups in total. The molecule has 1 saturated heterocycles. The van der Waals surface area contributed by atoms with Crippen LogP contribution in [0.3, 0.4) is 0 Å². The number of hydrogen-bond acceptors (Lipinski definition) is 2. The van der Waals surface area contributed by atoms with Gasteiger partial charge in [-0.05, 0) is 31.4 Å². The van der Waals surface area contributed by atoms with Gasteiger partial charge in [0.2, 0.25) is 0 Å². The van der Waals surface area contributed by atoms with Gasteiger partial charge in [-0.2, -0.15) is 0 Å². The van der Waals surface area contributed by atoms with Crippen LogP contribution in [0.25, 0.3) is 0 Å². The Kier molecular flexibility index (Phi) is 3.90. The maximum Gasteiger partial charge on any atom is 0.0510 e. The summed E-state index contributed by atoms with van der Waals surface area (Å²) < 4.78 is 5.64. The van der Waals surface area contributed by atoms with Gasteiger partial charge in [0, 0.05) is 24.0 Å². The van der Waals surface area contributed by atoms with Gasteiger partial charge < -0.3 is 10.1 Å². The highest BCUT2D eigenvalue weighted by Gasteiger charge is 2.48. The Hall–Kier alpha value is -0.860. The number of likely N-dealkylation sites (N-methyl/N-ethyl adjacent to an activating group) is 1. The molecule has 1 aromatic rings. The minimum atomic E-state index is 0.357. The van der Waals surface area contributed by atoms with Crippen LogP contribution in [0.1, 0.15) is 38.2 Å². The van der Waals surface area contributed by atoms with E-state index in [-0.39, 0.29) is 0 Å². The molecule has 0 amide bonds. The van der Waals surface area contributed by atoms with Crippen molar-refractivity contribution < 1.29 is 4.74 Å². The predicted molar refractivity (Wildman–Crippen MR) is 78.4 cm³/mol. The summed E-state index contributed by atoms with van der Waals surface area (Å²) in [6, 6.07) is 11.7. The first-order valence-corrected chi connectivity index (χ1v) is 7.73. The number of nitrogens with one attached hydrogen (secondary N) is 1. The molecule has 2 nitrogen and oxygen atoms in total. The van der Waals surface area contributed by atoms with Gasteiger partial charge in [-0.1, -0.05) is 43.7 Å². The van der Waals surface area contributed by atoms with Gasteiger partial charge in [-0.15, -0.1) is 0 Å². The van der Waals surface area contributed by atoms with Crippen LogP contribution in [0.4, 0.5) is 0 Å². The molecule has 2 heteroatoms. The maximum atomic E-state index is 5.64. The number of benzene rings is 1. The summed E-state index contributed by atoms with van der Waals surface area (Å²) in [5.41, 5.74) is 1.88. The van der Waals surface area contributed by atoms with Crippen LogP contribution in [0.15, 0.2) is 30.3 Å². The average Bonchev–Trinajstić information content (AvgIpc) is 2.91. The molecule has 1 aliphatic carbocycles. The molecule has 0 bridgehead atoms. The fourth-order valence-corrected chi connectivity index (χ4v) is 3.96. The Morgan fingerprint density at radius 1 is 1.32 bits per heavy atom. The highest BCUT2D eigenvalue weighted by molar-refractivity contribution is 5.31. The lowest BCUT2D eigenvalue weighted by Crippen LogP contribution is -2.56. The SMILES string of the molecule is CCNC(C1CCOC1)C1(c2ccccc2)CCC1. The molecule has 0 aromatic heterocycles. The van der Waals surface area contributed by atoms with Crippen molar-refractivity contribution in [3.8, 4) is 0 Å². The molecule has 104 valence electrons. The van der Waals surface area contributed by atoms with Gasteiger partial charge in [0.05, 0.1) is 6.61 Å². The molecule has 3 rings (SSSR count). The lowest BCUT2D eigenvalue weighted by Gasteiger charge is -2.50. The van der Waals surface area contributed by atoms with E-state index in [0.717, 1.165) is 19.8 Å². The molecule has 1 aliphatic heterocycles. The van der Waals surface area contributed by atoms with Gasteiger partial charge in [-0.25, -0.2) is 0 Å². The van der Waals surface area contributed by atoms with Crippen LogP contribution in [0, 0.1) is 5.92 Å². The van der Waals surface area contributed by atoms with E-state index >= 15 is 0 Å². The third-order valence-electron chi connectivity index (χ3n) is 5.05. The molecule has 0 spiro atoms. The topological polar surface area (TPSA) is 21.3 Å². The molecule has 2 unspecified atom stereocenters. The van der Waals surface area contributed by atoms with E-state index in [0.29, 0.717) is 17.4 Å². The van der Waals surface area contributed by atoms with E-state index in [4.69, 9.17) is 4.74 Å². The Morgan fingerprint density at radius 2 is 2.11 bits per heavy atom. The van der Waals surface area contributed by atoms with Crippen LogP contribution in [0.2, 0.25) is 0 Å². The van der Waals surface area contributed by atoms with E-state index in [1.54, 1.807) is 0 Å². The third kappa shape index (κ3) is 2.32. The molecule has 2 aliphatic rings. The lowest BCUT2D eigenvalue weighted by molar-refractivity contribution is 0.109. The summed E-state index contributed by atoms with van der Waals surface area (Å²) in [6.45, 7) is 5.15. The zero-order valence-corrected chi connectivity index (χ0v) is 11.9. The molecule has 1 aromatic carbocycles. The van der Waals surface area contributed by atoms with Crippen molar-refractivity contribution in [1.29, 1.82) is 0 Å². The summed E-state index contributed by atoms with van der Waals surface area (Å²) in [6.07, 6.45) is 5.23. The predicted octanol–water partition coefficient (Wildman–Crippen LogP) is 3.12. The van der Waals surface area contributed by atoms with E-state index in [1.807, 2.05) is 0 Å². The lowest BCUT2D eigenvalue weighted by atomic mass is 9.57. The van der Waals surface area contributed by atoms with Gasteiger partial charge in [-0.3, -0.25) is 0 Å². The molecular weight excluding hydrogens is 234 g/mol. The van der Waals surface area contributed by atoms with Crippen molar-refractivity contribution in [2.24, 2.45) is 5.92 Å². The minimum absolute atomic E-state index is 0.357. The van der Waals surface area contributed by atoms with E-state index in [1.165, 1.54) is 31.2 Å². The molecule has 19 heavy (non-hydrogen) atoms. The molecule has 1 saturated carbocycles. The quantitative estimate of drug-likeness (QED) is 0.877. The van der Waals surface area contributed by atoms with E-state index < -0.39 is 0 Å². The number of ether oxygens (including phenoxy) is 1. The van der Waals surface area contributed by atoms with Gasteiger partial charge in [0.25, 0.3) is 0 Å². The summed E-state index contributed by atoms with van der Waals surface area (Å²) in [7, 11) is 0.